The summed E-state index contributed by atoms with van der Waals surface area (Å²) in [6.07, 6.45) is 8.16. The first-order valence-electron chi connectivity index (χ1n) is 7.91. The molecule has 0 spiro atoms. The highest BCUT2D eigenvalue weighted by molar-refractivity contribution is 6.30. The Morgan fingerprint density at radius 2 is 1.95 bits per heavy atom. The number of hydrogen-bond donors (Lipinski definition) is 1. The predicted octanol–water partition coefficient (Wildman–Crippen LogP) is 4.76. The van der Waals surface area contributed by atoms with Crippen molar-refractivity contribution in [2.45, 2.75) is 57.5 Å². The fourth-order valence-corrected chi connectivity index (χ4v) is 4.36. The molecule has 0 bridgehead atoms. The summed E-state index contributed by atoms with van der Waals surface area (Å²) < 4.78 is 0. The maximum absolute atomic E-state index is 10.1. The zero-order chi connectivity index (χ0) is 14.1. The number of likely N-dealkylation sites (tertiary alicyclic amines) is 1. The van der Waals surface area contributed by atoms with Gasteiger partial charge in [0.15, 0.2) is 0 Å². The number of aromatic hydroxyl groups is 1. The largest absolute Gasteiger partial charge is 0.508 e. The number of rotatable bonds is 3. The van der Waals surface area contributed by atoms with E-state index < -0.39 is 0 Å². The summed E-state index contributed by atoms with van der Waals surface area (Å²) in [6, 6.07) is 6.35. The molecule has 1 saturated carbocycles. The van der Waals surface area contributed by atoms with Crippen molar-refractivity contribution in [3.63, 3.8) is 0 Å². The first-order valence-corrected chi connectivity index (χ1v) is 8.29. The Morgan fingerprint density at radius 3 is 2.70 bits per heavy atom. The van der Waals surface area contributed by atoms with Crippen molar-refractivity contribution in [2.24, 2.45) is 5.92 Å². The zero-order valence-corrected chi connectivity index (χ0v) is 12.9. The van der Waals surface area contributed by atoms with Crippen molar-refractivity contribution in [3.05, 3.63) is 28.8 Å². The van der Waals surface area contributed by atoms with Gasteiger partial charge >= 0.3 is 0 Å². The topological polar surface area (TPSA) is 23.5 Å². The molecular weight excluding hydrogens is 270 g/mol. The molecule has 1 aliphatic heterocycles. The van der Waals surface area contributed by atoms with Crippen molar-refractivity contribution in [1.82, 2.24) is 4.90 Å². The van der Waals surface area contributed by atoms with Gasteiger partial charge in [0.05, 0.1) is 0 Å². The first kappa shape index (κ1) is 14.2. The third kappa shape index (κ3) is 2.68. The third-order valence-electron chi connectivity index (χ3n) is 5.22. The smallest absolute Gasteiger partial charge is 0.120 e. The molecule has 2 aliphatic rings. The van der Waals surface area contributed by atoms with Crippen LogP contribution in [-0.2, 0) is 0 Å². The van der Waals surface area contributed by atoms with Crippen molar-refractivity contribution in [2.75, 3.05) is 6.54 Å². The number of phenolic OH excluding ortho intramolecular Hbond substituents is 1. The summed E-state index contributed by atoms with van der Waals surface area (Å²) in [5.74, 6) is 1.24. The Kier molecular flexibility index (Phi) is 4.23. The van der Waals surface area contributed by atoms with Crippen LogP contribution in [0.5, 0.6) is 5.75 Å². The van der Waals surface area contributed by atoms with E-state index in [2.05, 4.69) is 11.8 Å². The van der Waals surface area contributed by atoms with E-state index in [1.807, 2.05) is 6.07 Å². The molecular formula is C17H24ClNO. The second kappa shape index (κ2) is 5.95. The molecule has 20 heavy (non-hydrogen) atoms. The number of hydrogen-bond acceptors (Lipinski definition) is 2. The highest BCUT2D eigenvalue weighted by Crippen LogP contribution is 2.41. The van der Waals surface area contributed by atoms with Gasteiger partial charge in [-0.2, -0.15) is 0 Å². The van der Waals surface area contributed by atoms with Crippen molar-refractivity contribution in [3.8, 4) is 5.75 Å². The van der Waals surface area contributed by atoms with E-state index in [4.69, 9.17) is 11.6 Å². The lowest BCUT2D eigenvalue weighted by molar-refractivity contribution is 0.142. The van der Waals surface area contributed by atoms with Crippen LogP contribution in [0.3, 0.4) is 0 Å². The number of phenols is 1. The SMILES string of the molecule is CC(c1cc(Cl)ccc1O)N1CCCC1C1CCCC1. The second-order valence-electron chi connectivity index (χ2n) is 6.37. The monoisotopic (exact) mass is 293 g/mol. The van der Waals surface area contributed by atoms with E-state index in [1.165, 1.54) is 38.5 Å². The molecule has 3 rings (SSSR count). The molecule has 1 saturated heterocycles. The van der Waals surface area contributed by atoms with Crippen LogP contribution < -0.4 is 0 Å². The van der Waals surface area contributed by atoms with Crippen LogP contribution in [0.1, 0.15) is 57.1 Å². The molecule has 0 aromatic heterocycles. The van der Waals surface area contributed by atoms with Gasteiger partial charge in [0.2, 0.25) is 0 Å². The molecule has 2 nitrogen and oxygen atoms in total. The molecule has 0 amide bonds. The van der Waals surface area contributed by atoms with Gasteiger partial charge in [-0.3, -0.25) is 4.90 Å². The molecule has 1 aromatic rings. The van der Waals surface area contributed by atoms with Crippen LogP contribution in [0, 0.1) is 5.92 Å². The van der Waals surface area contributed by atoms with Crippen LogP contribution in [0.15, 0.2) is 18.2 Å². The molecule has 2 unspecified atom stereocenters. The summed E-state index contributed by atoms with van der Waals surface area (Å²) in [4.78, 5) is 2.60. The maximum Gasteiger partial charge on any atom is 0.120 e. The Balaban J connectivity index is 1.81. The predicted molar refractivity (Wildman–Crippen MR) is 83.2 cm³/mol. The first-order chi connectivity index (χ1) is 9.66. The molecule has 2 atom stereocenters. The number of halogens is 1. The number of benzene rings is 1. The summed E-state index contributed by atoms with van der Waals surface area (Å²) in [7, 11) is 0. The van der Waals surface area contributed by atoms with Gasteiger partial charge in [0.1, 0.15) is 5.75 Å². The van der Waals surface area contributed by atoms with Crippen molar-refractivity contribution >= 4 is 11.6 Å². The highest BCUT2D eigenvalue weighted by atomic mass is 35.5. The lowest BCUT2D eigenvalue weighted by Gasteiger charge is -2.34. The van der Waals surface area contributed by atoms with Gasteiger partial charge in [-0.05, 0) is 63.3 Å². The molecule has 3 heteroatoms. The minimum absolute atomic E-state index is 0.252. The van der Waals surface area contributed by atoms with Crippen LogP contribution in [0.2, 0.25) is 5.02 Å². The quantitative estimate of drug-likeness (QED) is 0.868. The average Bonchev–Trinajstić information content (AvgIpc) is 3.10. The standard InChI is InChI=1S/C17H24ClNO/c1-12(15-11-14(18)8-9-17(15)20)19-10-4-7-16(19)13-5-2-3-6-13/h8-9,11-13,16,20H,2-7,10H2,1H3. The molecule has 1 N–H and O–H groups in total. The zero-order valence-electron chi connectivity index (χ0n) is 12.2. The van der Waals surface area contributed by atoms with Gasteiger partial charge in [-0.1, -0.05) is 24.4 Å². The van der Waals surface area contributed by atoms with Crippen LogP contribution in [0.25, 0.3) is 0 Å². The van der Waals surface area contributed by atoms with Gasteiger partial charge < -0.3 is 5.11 Å². The van der Waals surface area contributed by atoms with E-state index in [-0.39, 0.29) is 6.04 Å². The van der Waals surface area contributed by atoms with Crippen LogP contribution >= 0.6 is 11.6 Å². The van der Waals surface area contributed by atoms with E-state index in [9.17, 15) is 5.11 Å². The van der Waals surface area contributed by atoms with Crippen molar-refractivity contribution in [1.29, 1.82) is 0 Å². The Hall–Kier alpha value is -0.730. The summed E-state index contributed by atoms with van der Waals surface area (Å²) >= 11 is 6.10. The molecule has 0 radical (unpaired) electrons. The Morgan fingerprint density at radius 1 is 1.20 bits per heavy atom. The minimum Gasteiger partial charge on any atom is -0.508 e. The Labute approximate surface area is 126 Å². The Bertz CT molecular complexity index is 470. The lowest BCUT2D eigenvalue weighted by Crippen LogP contribution is -2.36. The fraction of sp³-hybridized carbons (Fsp3) is 0.647. The molecule has 110 valence electrons. The fourth-order valence-electron chi connectivity index (χ4n) is 4.18. The lowest BCUT2D eigenvalue weighted by atomic mass is 9.94. The molecule has 1 heterocycles. The minimum atomic E-state index is 0.252. The normalized spacial score (nSPS) is 26.2. The average molecular weight is 294 g/mol. The second-order valence-corrected chi connectivity index (χ2v) is 6.81. The van der Waals surface area contributed by atoms with Gasteiger partial charge in [0, 0.05) is 22.7 Å². The molecule has 1 aromatic carbocycles. The molecule has 2 fully saturated rings. The molecule has 1 aliphatic carbocycles. The van der Waals surface area contributed by atoms with Crippen LogP contribution in [-0.4, -0.2) is 22.6 Å². The van der Waals surface area contributed by atoms with E-state index in [0.717, 1.165) is 18.0 Å². The van der Waals surface area contributed by atoms with Crippen LogP contribution in [0.4, 0.5) is 0 Å². The maximum atomic E-state index is 10.1. The van der Waals surface area contributed by atoms with Gasteiger partial charge in [0.25, 0.3) is 0 Å². The third-order valence-corrected chi connectivity index (χ3v) is 5.46. The van der Waals surface area contributed by atoms with Gasteiger partial charge in [-0.15, -0.1) is 0 Å². The highest BCUT2D eigenvalue weighted by Gasteiger charge is 2.36. The van der Waals surface area contributed by atoms with E-state index in [1.54, 1.807) is 12.1 Å². The summed E-state index contributed by atoms with van der Waals surface area (Å²) in [5, 5.41) is 10.8. The van der Waals surface area contributed by atoms with Gasteiger partial charge in [-0.25, -0.2) is 0 Å². The number of nitrogens with zero attached hydrogens (tertiary/aromatic N) is 1. The van der Waals surface area contributed by atoms with E-state index in [0.29, 0.717) is 16.8 Å². The van der Waals surface area contributed by atoms with Crippen molar-refractivity contribution < 1.29 is 5.11 Å². The summed E-state index contributed by atoms with van der Waals surface area (Å²) in [6.45, 7) is 3.35. The summed E-state index contributed by atoms with van der Waals surface area (Å²) in [5.41, 5.74) is 0.974. The van der Waals surface area contributed by atoms with E-state index >= 15 is 0 Å².